The van der Waals surface area contributed by atoms with Crippen LogP contribution in [0.15, 0.2) is 17.3 Å². The molecule has 0 aliphatic carbocycles. The highest BCUT2D eigenvalue weighted by molar-refractivity contribution is 7.76. The standard InChI is InChI=1S/C17H27N2O3P/c1-16(2,3)11-9-12-14(13(10-11)17(4,5)6)22-23(21,19(7)8)15(12)18-20/h9-10,20H,1-8H3/b18-15-. The van der Waals surface area contributed by atoms with Gasteiger partial charge in [-0.1, -0.05) is 52.8 Å². The van der Waals surface area contributed by atoms with Gasteiger partial charge in [-0.15, -0.1) is 0 Å². The first kappa shape index (κ1) is 18.0. The minimum atomic E-state index is -3.37. The van der Waals surface area contributed by atoms with Crippen molar-refractivity contribution in [1.82, 2.24) is 4.67 Å². The largest absolute Gasteiger partial charge is 0.427 e. The molecule has 0 saturated heterocycles. The monoisotopic (exact) mass is 338 g/mol. The zero-order chi connectivity index (χ0) is 17.8. The summed E-state index contributed by atoms with van der Waals surface area (Å²) in [4.78, 5) is 0. The van der Waals surface area contributed by atoms with Crippen LogP contribution >= 0.6 is 7.52 Å². The smallest absolute Gasteiger partial charge is 0.371 e. The van der Waals surface area contributed by atoms with Crippen LogP contribution in [0.25, 0.3) is 0 Å². The molecule has 1 heterocycles. The Morgan fingerprint density at radius 3 is 2.04 bits per heavy atom. The Labute approximate surface area is 138 Å². The second-order valence-corrected chi connectivity index (χ2v) is 10.7. The zero-order valence-electron chi connectivity index (χ0n) is 15.3. The van der Waals surface area contributed by atoms with Gasteiger partial charge >= 0.3 is 7.52 Å². The fourth-order valence-electron chi connectivity index (χ4n) is 2.58. The highest BCUT2D eigenvalue weighted by Crippen LogP contribution is 2.61. The Morgan fingerprint density at radius 2 is 1.65 bits per heavy atom. The van der Waals surface area contributed by atoms with E-state index in [1.165, 1.54) is 4.67 Å². The molecule has 128 valence electrons. The van der Waals surface area contributed by atoms with Crippen molar-refractivity contribution in [3.05, 3.63) is 28.8 Å². The van der Waals surface area contributed by atoms with Crippen LogP contribution in [-0.2, 0) is 15.4 Å². The van der Waals surface area contributed by atoms with Gasteiger partial charge in [0.05, 0.1) is 5.56 Å². The summed E-state index contributed by atoms with van der Waals surface area (Å²) >= 11 is 0. The summed E-state index contributed by atoms with van der Waals surface area (Å²) in [6.07, 6.45) is 0. The summed E-state index contributed by atoms with van der Waals surface area (Å²) in [5, 5.41) is 12.8. The van der Waals surface area contributed by atoms with Gasteiger partial charge in [-0.25, -0.2) is 4.67 Å². The molecule has 2 rings (SSSR count). The molecule has 0 amide bonds. The van der Waals surface area contributed by atoms with Crippen molar-refractivity contribution in [2.75, 3.05) is 14.1 Å². The third-order valence-electron chi connectivity index (χ3n) is 4.11. The molecule has 0 radical (unpaired) electrons. The van der Waals surface area contributed by atoms with Crippen LogP contribution < -0.4 is 4.52 Å². The van der Waals surface area contributed by atoms with Crippen LogP contribution in [-0.4, -0.2) is 29.4 Å². The minimum absolute atomic E-state index is 0.0830. The quantitative estimate of drug-likeness (QED) is 0.463. The number of rotatable bonds is 1. The van der Waals surface area contributed by atoms with E-state index in [0.717, 1.165) is 11.1 Å². The third-order valence-corrected chi connectivity index (χ3v) is 6.46. The van der Waals surface area contributed by atoms with Gasteiger partial charge in [0.25, 0.3) is 0 Å². The van der Waals surface area contributed by atoms with E-state index in [0.29, 0.717) is 11.3 Å². The Hall–Kier alpha value is -1.32. The average molecular weight is 338 g/mol. The molecule has 0 spiro atoms. The second kappa shape index (κ2) is 5.35. The highest BCUT2D eigenvalue weighted by Gasteiger charge is 2.47. The SMILES string of the molecule is CN(C)P1(=O)Oc2c(cc(C(C)(C)C)cc2C(C)(C)C)/C1=N/O. The van der Waals surface area contributed by atoms with Crippen LogP contribution in [0.2, 0.25) is 0 Å². The zero-order valence-corrected chi connectivity index (χ0v) is 16.2. The van der Waals surface area contributed by atoms with Crippen molar-refractivity contribution >= 4 is 13.0 Å². The topological polar surface area (TPSA) is 62.1 Å². The van der Waals surface area contributed by atoms with Crippen molar-refractivity contribution in [2.24, 2.45) is 5.16 Å². The van der Waals surface area contributed by atoms with E-state index in [1.807, 2.05) is 6.07 Å². The lowest BCUT2D eigenvalue weighted by Crippen LogP contribution is -2.17. The summed E-state index contributed by atoms with van der Waals surface area (Å²) in [6.45, 7) is 12.6. The molecule has 6 heteroatoms. The fourth-order valence-corrected chi connectivity index (χ4v) is 4.24. The summed E-state index contributed by atoms with van der Waals surface area (Å²) < 4.78 is 20.6. The first-order valence-electron chi connectivity index (χ1n) is 7.72. The van der Waals surface area contributed by atoms with Gasteiger partial charge in [0.2, 0.25) is 5.45 Å². The molecule has 1 atom stereocenters. The molecule has 0 bridgehead atoms. The lowest BCUT2D eigenvalue weighted by atomic mass is 9.79. The minimum Gasteiger partial charge on any atom is -0.427 e. The first-order valence-corrected chi connectivity index (χ1v) is 9.29. The fraction of sp³-hybridized carbons (Fsp3) is 0.588. The number of oxime groups is 1. The van der Waals surface area contributed by atoms with Crippen LogP contribution in [0, 0.1) is 0 Å². The number of hydrogen-bond acceptors (Lipinski definition) is 4. The summed E-state index contributed by atoms with van der Waals surface area (Å²) in [6, 6.07) is 4.04. The molecule has 1 aromatic carbocycles. The van der Waals surface area contributed by atoms with E-state index in [4.69, 9.17) is 4.52 Å². The van der Waals surface area contributed by atoms with Crippen molar-refractivity contribution in [3.8, 4) is 5.75 Å². The molecule has 0 fully saturated rings. The summed E-state index contributed by atoms with van der Waals surface area (Å²) in [7, 11) is -0.0374. The maximum absolute atomic E-state index is 13.2. The van der Waals surface area contributed by atoms with Gasteiger partial charge in [-0.2, -0.15) is 0 Å². The first-order chi connectivity index (χ1) is 10.3. The van der Waals surface area contributed by atoms with Crippen molar-refractivity contribution in [2.45, 2.75) is 52.4 Å². The molecule has 0 aromatic heterocycles. The number of benzene rings is 1. The number of hydrogen-bond donors (Lipinski definition) is 1. The molecule has 1 unspecified atom stereocenters. The lowest BCUT2D eigenvalue weighted by Gasteiger charge is -2.27. The summed E-state index contributed by atoms with van der Waals surface area (Å²) in [5.41, 5.74) is 2.54. The normalized spacial score (nSPS) is 23.3. The van der Waals surface area contributed by atoms with Crippen LogP contribution in [0.1, 0.15) is 58.2 Å². The average Bonchev–Trinajstić information content (AvgIpc) is 2.67. The van der Waals surface area contributed by atoms with Gasteiger partial charge in [0.15, 0.2) is 0 Å². The van der Waals surface area contributed by atoms with Gasteiger partial charge in [-0.05, 0) is 36.6 Å². The maximum atomic E-state index is 13.2. The molecule has 0 saturated carbocycles. The molecular formula is C17H27N2O3P. The molecule has 1 aliphatic rings. The van der Waals surface area contributed by atoms with E-state index < -0.39 is 7.52 Å². The maximum Gasteiger partial charge on any atom is 0.371 e. The van der Waals surface area contributed by atoms with Gasteiger partial charge in [0.1, 0.15) is 5.75 Å². The molecular weight excluding hydrogens is 311 g/mol. The number of fused-ring (bicyclic) bond motifs is 1. The predicted molar refractivity (Wildman–Crippen MR) is 94.1 cm³/mol. The van der Waals surface area contributed by atoms with Gasteiger partial charge in [0, 0.05) is 5.56 Å². The molecule has 1 aromatic rings. The Morgan fingerprint density at radius 1 is 1.09 bits per heavy atom. The van der Waals surface area contributed by atoms with E-state index in [9.17, 15) is 9.77 Å². The second-order valence-electron chi connectivity index (χ2n) is 8.28. The van der Waals surface area contributed by atoms with Crippen LogP contribution in [0.3, 0.4) is 0 Å². The Bertz CT molecular complexity index is 710. The summed E-state index contributed by atoms with van der Waals surface area (Å²) in [5.74, 6) is 0.565. The number of nitrogens with zero attached hydrogens (tertiary/aromatic N) is 2. The molecule has 1 aliphatic heterocycles. The van der Waals surface area contributed by atoms with E-state index in [1.54, 1.807) is 14.1 Å². The molecule has 5 nitrogen and oxygen atoms in total. The third kappa shape index (κ3) is 2.92. The molecule has 23 heavy (non-hydrogen) atoms. The van der Waals surface area contributed by atoms with Crippen LogP contribution in [0.5, 0.6) is 5.75 Å². The van der Waals surface area contributed by atoms with Gasteiger partial charge < -0.3 is 9.73 Å². The predicted octanol–water partition coefficient (Wildman–Crippen LogP) is 4.56. The highest BCUT2D eigenvalue weighted by atomic mass is 31.2. The van der Waals surface area contributed by atoms with E-state index >= 15 is 0 Å². The lowest BCUT2D eigenvalue weighted by molar-refractivity contribution is 0.320. The molecule has 1 N–H and O–H groups in total. The van der Waals surface area contributed by atoms with E-state index in [-0.39, 0.29) is 16.3 Å². The van der Waals surface area contributed by atoms with Crippen molar-refractivity contribution in [3.63, 3.8) is 0 Å². The Balaban J connectivity index is 2.84. The van der Waals surface area contributed by atoms with Gasteiger partial charge in [-0.3, -0.25) is 4.57 Å². The Kier molecular flexibility index (Phi) is 4.20. The van der Waals surface area contributed by atoms with Crippen LogP contribution in [0.4, 0.5) is 0 Å². The van der Waals surface area contributed by atoms with Crippen molar-refractivity contribution < 1.29 is 14.3 Å². The van der Waals surface area contributed by atoms with Crippen molar-refractivity contribution in [1.29, 1.82) is 0 Å². The van der Waals surface area contributed by atoms with E-state index in [2.05, 4.69) is 52.8 Å².